The number of hydrogen-bond donors (Lipinski definition) is 0. The van der Waals surface area contributed by atoms with E-state index in [1.165, 1.54) is 24.0 Å². The highest BCUT2D eigenvalue weighted by Gasteiger charge is 2.38. The third kappa shape index (κ3) is 4.33. The van der Waals surface area contributed by atoms with Gasteiger partial charge in [-0.1, -0.05) is 80.1 Å². The van der Waals surface area contributed by atoms with Crippen molar-refractivity contribution in [1.29, 1.82) is 0 Å². The van der Waals surface area contributed by atoms with Crippen LogP contribution in [0.4, 0.5) is 0 Å². The molecule has 0 aromatic heterocycles. The molecule has 0 spiro atoms. The van der Waals surface area contributed by atoms with Crippen molar-refractivity contribution in [1.82, 2.24) is 0 Å². The zero-order valence-corrected chi connectivity index (χ0v) is 17.7. The van der Waals surface area contributed by atoms with Crippen LogP contribution in [0.2, 0.25) is 0 Å². The number of para-hydroxylation sites is 1. The van der Waals surface area contributed by atoms with Crippen LogP contribution in [0.15, 0.2) is 84.9 Å². The van der Waals surface area contributed by atoms with Crippen LogP contribution in [-0.4, -0.2) is 5.97 Å². The zero-order valence-electron chi connectivity index (χ0n) is 17.7. The number of hydrogen-bond acceptors (Lipinski definition) is 2. The third-order valence-corrected chi connectivity index (χ3v) is 6.61. The van der Waals surface area contributed by atoms with E-state index in [-0.39, 0.29) is 11.4 Å². The molecule has 3 aromatic carbocycles. The Kier molecular flexibility index (Phi) is 6.32. The smallest absolute Gasteiger partial charge is 0.343 e. The van der Waals surface area contributed by atoms with Gasteiger partial charge in [-0.15, -0.1) is 0 Å². The lowest BCUT2D eigenvalue weighted by Crippen LogP contribution is -2.32. The van der Waals surface area contributed by atoms with Gasteiger partial charge < -0.3 is 4.74 Å². The van der Waals surface area contributed by atoms with Crippen LogP contribution in [0.5, 0.6) is 5.75 Å². The van der Waals surface area contributed by atoms with Gasteiger partial charge in [0.15, 0.2) is 0 Å². The standard InChI is InChI=1S/C28H30O2/c1-2-19-28(20-17-23(18-21-28)22-11-5-3-6-12-22)25-15-9-10-16-26(25)30-27(29)24-13-7-4-8-14-24/h3-16,23H,2,17-21H2,1H3. The molecule has 2 heteroatoms. The molecule has 0 saturated heterocycles. The van der Waals surface area contributed by atoms with Crippen molar-refractivity contribution in [3.63, 3.8) is 0 Å². The molecular formula is C28H30O2. The van der Waals surface area contributed by atoms with Gasteiger partial charge in [0, 0.05) is 5.56 Å². The van der Waals surface area contributed by atoms with Gasteiger partial charge in [-0.3, -0.25) is 0 Å². The highest BCUT2D eigenvalue weighted by Crippen LogP contribution is 2.50. The van der Waals surface area contributed by atoms with Gasteiger partial charge in [-0.25, -0.2) is 4.79 Å². The van der Waals surface area contributed by atoms with Crippen molar-refractivity contribution in [3.05, 3.63) is 102 Å². The van der Waals surface area contributed by atoms with Crippen LogP contribution in [0.25, 0.3) is 0 Å². The van der Waals surface area contributed by atoms with Crippen molar-refractivity contribution in [2.24, 2.45) is 0 Å². The number of ether oxygens (including phenoxy) is 1. The largest absolute Gasteiger partial charge is 0.423 e. The molecule has 3 aromatic rings. The second-order valence-corrected chi connectivity index (χ2v) is 8.47. The summed E-state index contributed by atoms with van der Waals surface area (Å²) in [5.74, 6) is 1.06. The highest BCUT2D eigenvalue weighted by molar-refractivity contribution is 5.91. The number of esters is 1. The lowest BCUT2D eigenvalue weighted by atomic mass is 9.63. The minimum Gasteiger partial charge on any atom is -0.423 e. The molecule has 0 bridgehead atoms. The fraction of sp³-hybridized carbons (Fsp3) is 0.321. The van der Waals surface area contributed by atoms with Crippen LogP contribution in [0, 0.1) is 0 Å². The summed E-state index contributed by atoms with van der Waals surface area (Å²) >= 11 is 0. The molecule has 0 heterocycles. The number of rotatable bonds is 6. The van der Waals surface area contributed by atoms with E-state index in [0.717, 1.165) is 31.4 Å². The molecule has 154 valence electrons. The first-order chi connectivity index (χ1) is 14.7. The fourth-order valence-corrected chi connectivity index (χ4v) is 5.09. The normalized spacial score (nSPS) is 21.2. The Hall–Kier alpha value is -2.87. The number of carbonyl (C=O) groups is 1. The first-order valence-electron chi connectivity index (χ1n) is 11.1. The van der Waals surface area contributed by atoms with E-state index in [1.807, 2.05) is 30.3 Å². The Morgan fingerprint density at radius 1 is 0.867 bits per heavy atom. The molecule has 1 aliphatic carbocycles. The van der Waals surface area contributed by atoms with Gasteiger partial charge in [0.1, 0.15) is 5.75 Å². The maximum Gasteiger partial charge on any atom is 0.343 e. The Bertz CT molecular complexity index is 954. The molecule has 30 heavy (non-hydrogen) atoms. The molecule has 1 fully saturated rings. The summed E-state index contributed by atoms with van der Waals surface area (Å²) in [5, 5.41) is 0. The summed E-state index contributed by atoms with van der Waals surface area (Å²) in [4.78, 5) is 12.7. The second-order valence-electron chi connectivity index (χ2n) is 8.47. The molecule has 1 saturated carbocycles. The van der Waals surface area contributed by atoms with Crippen molar-refractivity contribution >= 4 is 5.97 Å². The summed E-state index contributed by atoms with van der Waals surface area (Å²) < 4.78 is 5.93. The lowest BCUT2D eigenvalue weighted by Gasteiger charge is -2.41. The van der Waals surface area contributed by atoms with Gasteiger partial charge >= 0.3 is 5.97 Å². The Balaban J connectivity index is 1.58. The van der Waals surface area contributed by atoms with E-state index in [4.69, 9.17) is 4.74 Å². The predicted octanol–water partition coefficient (Wildman–Crippen LogP) is 7.30. The lowest BCUT2D eigenvalue weighted by molar-refractivity contribution is 0.0729. The van der Waals surface area contributed by atoms with Crippen LogP contribution < -0.4 is 4.74 Å². The molecular weight excluding hydrogens is 368 g/mol. The topological polar surface area (TPSA) is 26.3 Å². The maximum atomic E-state index is 12.7. The molecule has 2 nitrogen and oxygen atoms in total. The molecule has 0 amide bonds. The van der Waals surface area contributed by atoms with Gasteiger partial charge in [-0.2, -0.15) is 0 Å². The van der Waals surface area contributed by atoms with Crippen LogP contribution >= 0.6 is 0 Å². The minimum absolute atomic E-state index is 0.0770. The predicted molar refractivity (Wildman–Crippen MR) is 122 cm³/mol. The average Bonchev–Trinajstić information content (AvgIpc) is 2.81. The minimum atomic E-state index is -0.285. The van der Waals surface area contributed by atoms with E-state index in [2.05, 4.69) is 49.4 Å². The van der Waals surface area contributed by atoms with Crippen LogP contribution in [0.1, 0.15) is 72.9 Å². The van der Waals surface area contributed by atoms with Crippen molar-refractivity contribution in [3.8, 4) is 5.75 Å². The molecule has 0 N–H and O–H groups in total. The molecule has 0 radical (unpaired) electrons. The SMILES string of the molecule is CCCC1(c2ccccc2OC(=O)c2ccccc2)CCC(c2ccccc2)CC1. The second kappa shape index (κ2) is 9.30. The van der Waals surface area contributed by atoms with Crippen molar-refractivity contribution < 1.29 is 9.53 Å². The average molecular weight is 399 g/mol. The molecule has 0 aliphatic heterocycles. The molecule has 1 aliphatic rings. The molecule has 0 unspecified atom stereocenters. The van der Waals surface area contributed by atoms with E-state index in [0.29, 0.717) is 11.5 Å². The van der Waals surface area contributed by atoms with Gasteiger partial charge in [0.05, 0.1) is 5.56 Å². The highest BCUT2D eigenvalue weighted by atomic mass is 16.5. The fourth-order valence-electron chi connectivity index (χ4n) is 5.09. The van der Waals surface area contributed by atoms with Crippen molar-refractivity contribution in [2.75, 3.05) is 0 Å². The first-order valence-corrected chi connectivity index (χ1v) is 11.1. The maximum absolute atomic E-state index is 12.7. The van der Waals surface area contributed by atoms with Crippen LogP contribution in [0.3, 0.4) is 0 Å². The monoisotopic (exact) mass is 398 g/mol. The van der Waals surface area contributed by atoms with E-state index >= 15 is 0 Å². The zero-order chi connectivity index (χ0) is 20.8. The number of benzene rings is 3. The number of carbonyl (C=O) groups excluding carboxylic acids is 1. The van der Waals surface area contributed by atoms with E-state index < -0.39 is 0 Å². The van der Waals surface area contributed by atoms with Crippen LogP contribution in [-0.2, 0) is 5.41 Å². The Morgan fingerprint density at radius 3 is 2.13 bits per heavy atom. The third-order valence-electron chi connectivity index (χ3n) is 6.61. The Morgan fingerprint density at radius 2 is 1.47 bits per heavy atom. The van der Waals surface area contributed by atoms with Gasteiger partial charge in [0.25, 0.3) is 0 Å². The summed E-state index contributed by atoms with van der Waals surface area (Å²) in [6.45, 7) is 2.25. The summed E-state index contributed by atoms with van der Waals surface area (Å²) in [6, 6.07) is 28.3. The Labute approximate surface area is 179 Å². The van der Waals surface area contributed by atoms with Gasteiger partial charge in [-0.05, 0) is 67.2 Å². The molecule has 4 rings (SSSR count). The quantitative estimate of drug-likeness (QED) is 0.322. The summed E-state index contributed by atoms with van der Waals surface area (Å²) in [7, 11) is 0. The van der Waals surface area contributed by atoms with E-state index in [1.54, 1.807) is 12.1 Å². The first kappa shape index (κ1) is 20.4. The van der Waals surface area contributed by atoms with Gasteiger partial charge in [0.2, 0.25) is 0 Å². The molecule has 0 atom stereocenters. The summed E-state index contributed by atoms with van der Waals surface area (Å²) in [6.07, 6.45) is 6.84. The van der Waals surface area contributed by atoms with Crippen molar-refractivity contribution in [2.45, 2.75) is 56.8 Å². The van der Waals surface area contributed by atoms with E-state index in [9.17, 15) is 4.79 Å². The summed E-state index contributed by atoms with van der Waals surface area (Å²) in [5.41, 5.74) is 3.31.